The Morgan fingerprint density at radius 3 is 2.53 bits per heavy atom. The molecule has 2 aromatic rings. The third-order valence-electron chi connectivity index (χ3n) is 6.86. The fraction of sp³-hybridized carbons (Fsp3) is 0.400. The molecule has 1 saturated heterocycles. The molecule has 0 bridgehead atoms. The maximum atomic E-state index is 13.4. The van der Waals surface area contributed by atoms with Gasteiger partial charge >= 0.3 is 7.12 Å². The van der Waals surface area contributed by atoms with Crippen molar-refractivity contribution in [3.8, 4) is 6.07 Å². The van der Waals surface area contributed by atoms with Crippen LogP contribution >= 0.6 is 23.2 Å². The van der Waals surface area contributed by atoms with Crippen LogP contribution in [0.4, 0.5) is 0 Å². The van der Waals surface area contributed by atoms with Gasteiger partial charge in [0.05, 0.1) is 35.8 Å². The Labute approximate surface area is 261 Å². The van der Waals surface area contributed by atoms with Crippen molar-refractivity contribution in [1.29, 1.82) is 5.26 Å². The average Bonchev–Trinajstić information content (AvgIpc) is 3.44. The molecule has 10 nitrogen and oxygen atoms in total. The highest BCUT2D eigenvalue weighted by Crippen LogP contribution is 2.22. The lowest BCUT2D eigenvalue weighted by Crippen LogP contribution is -2.56. The number of amides is 3. The molecule has 1 heterocycles. The molecule has 3 atom stereocenters. The van der Waals surface area contributed by atoms with E-state index in [1.54, 1.807) is 35.2 Å². The van der Waals surface area contributed by atoms with Gasteiger partial charge in [-0.25, -0.2) is 0 Å². The number of likely N-dealkylation sites (tertiary alicyclic amines) is 1. The number of nitrogens with zero attached hydrogens (tertiary/aromatic N) is 2. The van der Waals surface area contributed by atoms with E-state index in [1.165, 1.54) is 18.2 Å². The third-order valence-corrected chi connectivity index (χ3v) is 7.43. The molecule has 1 fully saturated rings. The van der Waals surface area contributed by atoms with Gasteiger partial charge in [0.1, 0.15) is 17.7 Å². The van der Waals surface area contributed by atoms with E-state index in [0.717, 1.165) is 12.0 Å². The zero-order valence-electron chi connectivity index (χ0n) is 24.0. The molecule has 13 heteroatoms. The van der Waals surface area contributed by atoms with Crippen molar-refractivity contribution in [2.24, 2.45) is 5.92 Å². The molecule has 0 spiro atoms. The van der Waals surface area contributed by atoms with Gasteiger partial charge in [0.25, 0.3) is 11.8 Å². The van der Waals surface area contributed by atoms with Gasteiger partial charge in [-0.2, -0.15) is 5.26 Å². The van der Waals surface area contributed by atoms with Crippen LogP contribution in [0, 0.1) is 17.2 Å². The second-order valence-corrected chi connectivity index (χ2v) is 11.5. The van der Waals surface area contributed by atoms with Gasteiger partial charge in [-0.15, -0.1) is 0 Å². The molecule has 0 aliphatic carbocycles. The number of ether oxygens (including phenoxy) is 1. The van der Waals surface area contributed by atoms with E-state index >= 15 is 0 Å². The number of hydrogen-bond acceptors (Lipinski definition) is 7. The standard InChI is InChI=1S/C30H35BCl2N4O6/c1-19(2)13-21(16-34)30(40)37-12-6-9-23(37)17-43-18-26(35-28(38)24-15-22(32)10-11-25(24)33)29(39)36-27(31(41)42)14-20-7-4-3-5-8-20/h3-5,7-8,10-11,13,15,19,23,26-27,41-42H,6,9,12,14,17-18H2,1-2H3,(H,35,38)(H,36,39)/b21-13+/t23-,26+,27+/m1/s1. The summed E-state index contributed by atoms with van der Waals surface area (Å²) in [5.41, 5.74) is 0.873. The molecule has 43 heavy (non-hydrogen) atoms. The topological polar surface area (TPSA) is 152 Å². The van der Waals surface area contributed by atoms with Crippen LogP contribution in [-0.4, -0.2) is 77.6 Å². The van der Waals surface area contributed by atoms with Gasteiger partial charge < -0.3 is 30.3 Å². The fourth-order valence-electron chi connectivity index (χ4n) is 4.72. The number of halogens is 2. The number of carbonyl (C=O) groups is 3. The van der Waals surface area contributed by atoms with Gasteiger partial charge in [0.15, 0.2) is 0 Å². The van der Waals surface area contributed by atoms with Gasteiger partial charge in [-0.05, 0) is 48.9 Å². The lowest BCUT2D eigenvalue weighted by molar-refractivity contribution is -0.130. The summed E-state index contributed by atoms with van der Waals surface area (Å²) in [5, 5.41) is 35.0. The average molecular weight is 629 g/mol. The van der Waals surface area contributed by atoms with Crippen LogP contribution in [0.1, 0.15) is 42.6 Å². The Balaban J connectivity index is 1.74. The number of rotatable bonds is 13. The van der Waals surface area contributed by atoms with E-state index in [0.29, 0.717) is 13.0 Å². The highest BCUT2D eigenvalue weighted by molar-refractivity contribution is 6.43. The first-order valence-electron chi connectivity index (χ1n) is 14.0. The van der Waals surface area contributed by atoms with Crippen molar-refractivity contribution in [3.05, 3.63) is 81.4 Å². The summed E-state index contributed by atoms with van der Waals surface area (Å²) >= 11 is 12.2. The highest BCUT2D eigenvalue weighted by Gasteiger charge is 2.33. The Hall–Kier alpha value is -3.40. The summed E-state index contributed by atoms with van der Waals surface area (Å²) in [7, 11) is -1.88. The van der Waals surface area contributed by atoms with Crippen LogP contribution in [0.2, 0.25) is 10.0 Å². The zero-order chi connectivity index (χ0) is 31.5. The van der Waals surface area contributed by atoms with Crippen molar-refractivity contribution in [3.63, 3.8) is 0 Å². The van der Waals surface area contributed by atoms with Crippen LogP contribution in [-0.2, 0) is 20.7 Å². The molecule has 0 unspecified atom stereocenters. The summed E-state index contributed by atoms with van der Waals surface area (Å²) in [6.45, 7) is 3.99. The van der Waals surface area contributed by atoms with Crippen LogP contribution < -0.4 is 10.6 Å². The van der Waals surface area contributed by atoms with E-state index in [4.69, 9.17) is 27.9 Å². The molecule has 0 saturated carbocycles. The summed E-state index contributed by atoms with van der Waals surface area (Å²) < 4.78 is 5.87. The first kappa shape index (κ1) is 34.1. The lowest BCUT2D eigenvalue weighted by Gasteiger charge is -2.26. The molecule has 1 aliphatic rings. The first-order chi connectivity index (χ1) is 20.5. The number of allylic oxidation sites excluding steroid dienone is 1. The predicted molar refractivity (Wildman–Crippen MR) is 164 cm³/mol. The summed E-state index contributed by atoms with van der Waals surface area (Å²) in [6.07, 6.45) is 3.11. The quantitative estimate of drug-likeness (QED) is 0.151. The maximum Gasteiger partial charge on any atom is 0.475 e. The third kappa shape index (κ3) is 10.1. The molecule has 3 rings (SSSR count). The highest BCUT2D eigenvalue weighted by atomic mass is 35.5. The minimum absolute atomic E-state index is 0.0231. The largest absolute Gasteiger partial charge is 0.475 e. The van der Waals surface area contributed by atoms with Crippen molar-refractivity contribution in [2.75, 3.05) is 19.8 Å². The second-order valence-electron chi connectivity index (χ2n) is 10.6. The molecular formula is C30H35BCl2N4O6. The molecule has 1 aliphatic heterocycles. The van der Waals surface area contributed by atoms with E-state index < -0.39 is 30.9 Å². The molecule has 3 amide bonds. The molecular weight excluding hydrogens is 594 g/mol. The Morgan fingerprint density at radius 1 is 1.16 bits per heavy atom. The Kier molecular flexibility index (Phi) is 13.0. The molecule has 228 valence electrons. The molecule has 2 aromatic carbocycles. The summed E-state index contributed by atoms with van der Waals surface area (Å²) in [6, 6.07) is 13.7. The Morgan fingerprint density at radius 2 is 1.88 bits per heavy atom. The Bertz CT molecular complexity index is 1350. The van der Waals surface area contributed by atoms with E-state index in [9.17, 15) is 29.7 Å². The van der Waals surface area contributed by atoms with Crippen molar-refractivity contribution in [1.82, 2.24) is 15.5 Å². The first-order valence-corrected chi connectivity index (χ1v) is 14.7. The van der Waals surface area contributed by atoms with Gasteiger partial charge in [0, 0.05) is 11.6 Å². The van der Waals surface area contributed by atoms with Crippen LogP contribution in [0.3, 0.4) is 0 Å². The van der Waals surface area contributed by atoms with Crippen molar-refractivity contribution >= 4 is 48.0 Å². The maximum absolute atomic E-state index is 13.4. The molecule has 0 aromatic heterocycles. The van der Waals surface area contributed by atoms with Crippen LogP contribution in [0.25, 0.3) is 0 Å². The number of benzene rings is 2. The summed E-state index contributed by atoms with van der Waals surface area (Å²) in [5.74, 6) is -2.83. The van der Waals surface area contributed by atoms with Gasteiger partial charge in [-0.1, -0.05) is 73.5 Å². The number of nitrogens with one attached hydrogen (secondary N) is 2. The monoisotopic (exact) mass is 628 g/mol. The lowest BCUT2D eigenvalue weighted by atomic mass is 9.76. The smallest absolute Gasteiger partial charge is 0.426 e. The zero-order valence-corrected chi connectivity index (χ0v) is 25.5. The fourth-order valence-corrected chi connectivity index (χ4v) is 5.09. The van der Waals surface area contributed by atoms with Crippen molar-refractivity contribution < 1.29 is 29.2 Å². The molecule has 0 radical (unpaired) electrons. The predicted octanol–water partition coefficient (Wildman–Crippen LogP) is 2.94. The second kappa shape index (κ2) is 16.5. The summed E-state index contributed by atoms with van der Waals surface area (Å²) in [4.78, 5) is 41.1. The minimum Gasteiger partial charge on any atom is -0.426 e. The van der Waals surface area contributed by atoms with Crippen LogP contribution in [0.5, 0.6) is 0 Å². The normalized spacial score (nSPS) is 16.4. The number of nitriles is 1. The van der Waals surface area contributed by atoms with E-state index in [-0.39, 0.29) is 58.7 Å². The molecule has 4 N–H and O–H groups in total. The number of carbonyl (C=O) groups excluding carboxylic acids is 3. The number of hydrogen-bond donors (Lipinski definition) is 4. The van der Waals surface area contributed by atoms with Crippen LogP contribution in [0.15, 0.2) is 60.2 Å². The SMILES string of the molecule is CC(C)/C=C(\C#N)C(=O)N1CCC[C@@H]1COC[C@H](NC(=O)c1cc(Cl)ccc1Cl)C(=O)N[C@@H](Cc1ccccc1)B(O)O. The van der Waals surface area contributed by atoms with Gasteiger partial charge in [-0.3, -0.25) is 14.4 Å². The van der Waals surface area contributed by atoms with E-state index in [2.05, 4.69) is 10.6 Å². The van der Waals surface area contributed by atoms with Crippen molar-refractivity contribution in [2.45, 2.75) is 51.1 Å². The van der Waals surface area contributed by atoms with Gasteiger partial charge in [0.2, 0.25) is 5.91 Å². The minimum atomic E-state index is -1.88. The van der Waals surface area contributed by atoms with E-state index in [1.807, 2.05) is 26.0 Å².